The Morgan fingerprint density at radius 3 is 1.74 bits per heavy atom. The molecule has 34 heavy (non-hydrogen) atoms. The van der Waals surface area contributed by atoms with Crippen LogP contribution in [0.25, 0.3) is 0 Å². The number of aryl methyl sites for hydroxylation is 5. The molecule has 0 aromatic heterocycles. The predicted molar refractivity (Wildman–Crippen MR) is 136 cm³/mol. The molecule has 0 spiro atoms. The predicted octanol–water partition coefficient (Wildman–Crippen LogP) is 7.61. The lowest BCUT2D eigenvalue weighted by Crippen LogP contribution is -2.13. The SMILES string of the molecule is Cc1cc(C)c(N(c2cccc(Oc3cccc(C)c3O)c2)c2c(C)cc(C)cc2O)c(O)c1. The lowest BCUT2D eigenvalue weighted by Gasteiger charge is -2.30. The van der Waals surface area contributed by atoms with Crippen molar-refractivity contribution in [2.45, 2.75) is 34.6 Å². The van der Waals surface area contributed by atoms with Gasteiger partial charge in [-0.25, -0.2) is 0 Å². The molecule has 0 amide bonds. The summed E-state index contributed by atoms with van der Waals surface area (Å²) < 4.78 is 6.01. The highest BCUT2D eigenvalue weighted by Gasteiger charge is 2.24. The van der Waals surface area contributed by atoms with Crippen molar-refractivity contribution < 1.29 is 20.1 Å². The molecule has 5 heteroatoms. The van der Waals surface area contributed by atoms with Crippen molar-refractivity contribution in [1.29, 1.82) is 0 Å². The van der Waals surface area contributed by atoms with Crippen molar-refractivity contribution in [3.8, 4) is 28.7 Å². The van der Waals surface area contributed by atoms with Crippen LogP contribution < -0.4 is 9.64 Å². The van der Waals surface area contributed by atoms with Crippen LogP contribution in [0.3, 0.4) is 0 Å². The van der Waals surface area contributed by atoms with Crippen molar-refractivity contribution in [3.63, 3.8) is 0 Å². The molecule has 0 aliphatic carbocycles. The van der Waals surface area contributed by atoms with Crippen molar-refractivity contribution in [2.24, 2.45) is 0 Å². The van der Waals surface area contributed by atoms with E-state index in [9.17, 15) is 15.3 Å². The number of phenols is 3. The molecule has 0 heterocycles. The second-order valence-electron chi connectivity index (χ2n) is 8.76. The fourth-order valence-electron chi connectivity index (χ4n) is 4.35. The van der Waals surface area contributed by atoms with E-state index in [2.05, 4.69) is 0 Å². The van der Waals surface area contributed by atoms with E-state index >= 15 is 0 Å². The van der Waals surface area contributed by atoms with Crippen LogP contribution in [0.2, 0.25) is 0 Å². The van der Waals surface area contributed by atoms with Crippen LogP contribution >= 0.6 is 0 Å². The van der Waals surface area contributed by atoms with Gasteiger partial charge in [0.2, 0.25) is 0 Å². The lowest BCUT2D eigenvalue weighted by atomic mass is 10.0. The maximum absolute atomic E-state index is 11.0. The molecular formula is C29H29NO4. The number of ether oxygens (including phenoxy) is 1. The van der Waals surface area contributed by atoms with Crippen LogP contribution in [0.15, 0.2) is 66.7 Å². The first-order valence-corrected chi connectivity index (χ1v) is 11.1. The summed E-state index contributed by atoms with van der Waals surface area (Å²) in [6.45, 7) is 9.53. The molecule has 4 aromatic rings. The summed E-state index contributed by atoms with van der Waals surface area (Å²) in [4.78, 5) is 1.84. The van der Waals surface area contributed by atoms with E-state index in [1.165, 1.54) is 0 Å². The van der Waals surface area contributed by atoms with Crippen LogP contribution in [0.4, 0.5) is 17.1 Å². The molecule has 0 saturated heterocycles. The fourth-order valence-corrected chi connectivity index (χ4v) is 4.35. The third kappa shape index (κ3) is 4.37. The van der Waals surface area contributed by atoms with Gasteiger partial charge in [-0.05, 0) is 92.8 Å². The van der Waals surface area contributed by atoms with Gasteiger partial charge in [0.25, 0.3) is 0 Å². The Hall–Kier alpha value is -4.12. The minimum atomic E-state index is 0.0869. The van der Waals surface area contributed by atoms with Gasteiger partial charge in [0.1, 0.15) is 17.2 Å². The summed E-state index contributed by atoms with van der Waals surface area (Å²) in [7, 11) is 0. The number of nitrogens with zero attached hydrogens (tertiary/aromatic N) is 1. The summed E-state index contributed by atoms with van der Waals surface area (Å²) in [5.41, 5.74) is 6.15. The third-order valence-electron chi connectivity index (χ3n) is 5.80. The Bertz CT molecular complexity index is 1270. The number of aromatic hydroxyl groups is 3. The summed E-state index contributed by atoms with van der Waals surface area (Å²) in [6, 6.07) is 20.1. The highest BCUT2D eigenvalue weighted by molar-refractivity contribution is 5.86. The molecule has 0 saturated carbocycles. The zero-order valence-electron chi connectivity index (χ0n) is 20.0. The average molecular weight is 456 g/mol. The summed E-state index contributed by atoms with van der Waals surface area (Å²) in [5, 5.41) is 32.4. The molecule has 0 atom stereocenters. The number of hydrogen-bond donors (Lipinski definition) is 3. The highest BCUT2D eigenvalue weighted by atomic mass is 16.5. The molecule has 3 N–H and O–H groups in total. The van der Waals surface area contributed by atoms with Crippen molar-refractivity contribution in [3.05, 3.63) is 94.5 Å². The van der Waals surface area contributed by atoms with E-state index in [0.29, 0.717) is 28.6 Å². The van der Waals surface area contributed by atoms with Gasteiger partial charge in [-0.15, -0.1) is 0 Å². The Kier molecular flexibility index (Phi) is 6.12. The quantitative estimate of drug-likeness (QED) is 0.289. The Labute approximate surface area is 200 Å². The molecule has 4 aromatic carbocycles. The van der Waals surface area contributed by atoms with Gasteiger partial charge in [-0.3, -0.25) is 0 Å². The smallest absolute Gasteiger partial charge is 0.169 e. The van der Waals surface area contributed by atoms with Crippen LogP contribution in [0, 0.1) is 34.6 Å². The summed E-state index contributed by atoms with van der Waals surface area (Å²) >= 11 is 0. The van der Waals surface area contributed by atoms with Gasteiger partial charge >= 0.3 is 0 Å². The molecule has 0 aliphatic heterocycles. The maximum Gasteiger partial charge on any atom is 0.169 e. The second-order valence-corrected chi connectivity index (χ2v) is 8.76. The highest BCUT2D eigenvalue weighted by Crippen LogP contribution is 2.48. The Morgan fingerprint density at radius 2 is 1.18 bits per heavy atom. The fraction of sp³-hybridized carbons (Fsp3) is 0.172. The standard InChI is InChI=1S/C29H29NO4/c1-17-12-20(4)27(24(31)14-17)30(28-21(5)13-18(2)15-25(28)32)22-9-7-10-23(16-22)34-26-11-6-8-19(3)29(26)33/h6-16,31-33H,1-5H3. The van der Waals surface area contributed by atoms with Gasteiger partial charge in [-0.1, -0.05) is 30.3 Å². The monoisotopic (exact) mass is 455 g/mol. The summed E-state index contributed by atoms with van der Waals surface area (Å²) in [5.74, 6) is 1.17. The van der Waals surface area contributed by atoms with E-state index < -0.39 is 0 Å². The Morgan fingerprint density at radius 1 is 0.618 bits per heavy atom. The van der Waals surface area contributed by atoms with Crippen LogP contribution in [-0.2, 0) is 0 Å². The number of benzene rings is 4. The molecule has 4 rings (SSSR count). The number of hydrogen-bond acceptors (Lipinski definition) is 5. The zero-order valence-corrected chi connectivity index (χ0v) is 20.0. The van der Waals surface area contributed by atoms with E-state index in [1.807, 2.05) is 82.0 Å². The molecule has 0 aliphatic rings. The van der Waals surface area contributed by atoms with Crippen molar-refractivity contribution in [1.82, 2.24) is 0 Å². The number of phenolic OH excluding ortho intramolecular Hbond substituents is 3. The Balaban J connectivity index is 1.91. The molecule has 0 bridgehead atoms. The number of rotatable bonds is 5. The van der Waals surface area contributed by atoms with Gasteiger partial charge < -0.3 is 25.0 Å². The largest absolute Gasteiger partial charge is 0.506 e. The van der Waals surface area contributed by atoms with E-state index in [-0.39, 0.29) is 17.2 Å². The number of para-hydroxylation sites is 1. The topological polar surface area (TPSA) is 73.2 Å². The minimum absolute atomic E-state index is 0.0869. The van der Waals surface area contributed by atoms with Crippen LogP contribution in [0.1, 0.15) is 27.8 Å². The van der Waals surface area contributed by atoms with E-state index in [1.54, 1.807) is 24.3 Å². The third-order valence-corrected chi connectivity index (χ3v) is 5.80. The van der Waals surface area contributed by atoms with Crippen LogP contribution in [0.5, 0.6) is 28.7 Å². The summed E-state index contributed by atoms with van der Waals surface area (Å²) in [6.07, 6.45) is 0. The molecule has 0 unspecified atom stereocenters. The van der Waals surface area contributed by atoms with Gasteiger partial charge in [0, 0.05) is 6.07 Å². The van der Waals surface area contributed by atoms with E-state index in [4.69, 9.17) is 4.74 Å². The van der Waals surface area contributed by atoms with Gasteiger partial charge in [0.05, 0.1) is 17.1 Å². The molecule has 0 fully saturated rings. The molecule has 5 nitrogen and oxygen atoms in total. The van der Waals surface area contributed by atoms with E-state index in [0.717, 1.165) is 27.8 Å². The normalized spacial score (nSPS) is 10.9. The van der Waals surface area contributed by atoms with Gasteiger partial charge in [0.15, 0.2) is 11.5 Å². The van der Waals surface area contributed by atoms with Crippen LogP contribution in [-0.4, -0.2) is 15.3 Å². The maximum atomic E-state index is 11.0. The van der Waals surface area contributed by atoms with Crippen molar-refractivity contribution >= 4 is 17.1 Å². The second kappa shape index (κ2) is 9.02. The first-order chi connectivity index (χ1) is 16.2. The van der Waals surface area contributed by atoms with Gasteiger partial charge in [-0.2, -0.15) is 0 Å². The van der Waals surface area contributed by atoms with Crippen molar-refractivity contribution in [2.75, 3.05) is 4.90 Å². The lowest BCUT2D eigenvalue weighted by molar-refractivity contribution is 0.408. The first kappa shape index (κ1) is 23.1. The molecule has 174 valence electrons. The number of anilines is 3. The molecular weight excluding hydrogens is 426 g/mol. The average Bonchev–Trinajstić information content (AvgIpc) is 2.75. The minimum Gasteiger partial charge on any atom is -0.506 e. The first-order valence-electron chi connectivity index (χ1n) is 11.1. The zero-order chi connectivity index (χ0) is 24.6. The molecule has 0 radical (unpaired) electrons.